The van der Waals surface area contributed by atoms with Crippen LogP contribution in [0.1, 0.15) is 50.6 Å². The Kier molecular flexibility index (Phi) is 4.41. The number of hydrogen-bond donors (Lipinski definition) is 1. The Hall–Kier alpha value is -0.820. The fourth-order valence-electron chi connectivity index (χ4n) is 2.54. The summed E-state index contributed by atoms with van der Waals surface area (Å²) in [4.78, 5) is 0. The lowest BCUT2D eigenvalue weighted by Gasteiger charge is -2.24. The minimum absolute atomic E-state index is 0.469. The normalized spacial score (nSPS) is 19.6. The molecule has 1 saturated carbocycles. The van der Waals surface area contributed by atoms with Crippen molar-refractivity contribution in [3.05, 3.63) is 35.9 Å². The van der Waals surface area contributed by atoms with E-state index in [0.717, 1.165) is 5.92 Å². The Labute approximate surface area is 99.3 Å². The molecule has 16 heavy (non-hydrogen) atoms. The Morgan fingerprint density at radius 1 is 1.25 bits per heavy atom. The average molecular weight is 216 g/mol. The molecule has 0 bridgehead atoms. The van der Waals surface area contributed by atoms with Gasteiger partial charge in [0.15, 0.2) is 0 Å². The SMILES string of the molecule is CC(NCC1CCCCC1)c1cc[c]cc1. The molecule has 1 unspecified atom stereocenters. The Morgan fingerprint density at radius 3 is 2.62 bits per heavy atom. The van der Waals surface area contributed by atoms with Gasteiger partial charge in [-0.2, -0.15) is 0 Å². The quantitative estimate of drug-likeness (QED) is 0.809. The van der Waals surface area contributed by atoms with Gasteiger partial charge in [0.1, 0.15) is 0 Å². The lowest BCUT2D eigenvalue weighted by Crippen LogP contribution is -2.27. The molecule has 1 aromatic carbocycles. The summed E-state index contributed by atoms with van der Waals surface area (Å²) in [6, 6.07) is 11.8. The van der Waals surface area contributed by atoms with Gasteiger partial charge in [-0.3, -0.25) is 0 Å². The highest BCUT2D eigenvalue weighted by atomic mass is 14.9. The summed E-state index contributed by atoms with van der Waals surface area (Å²) in [5, 5.41) is 3.65. The van der Waals surface area contributed by atoms with Crippen LogP contribution < -0.4 is 5.32 Å². The fraction of sp³-hybridized carbons (Fsp3) is 0.600. The Morgan fingerprint density at radius 2 is 1.94 bits per heavy atom. The molecule has 1 aromatic rings. The highest BCUT2D eigenvalue weighted by molar-refractivity contribution is 5.17. The van der Waals surface area contributed by atoms with Crippen LogP contribution in [0.3, 0.4) is 0 Å². The van der Waals surface area contributed by atoms with Crippen molar-refractivity contribution >= 4 is 0 Å². The molecule has 2 rings (SSSR count). The van der Waals surface area contributed by atoms with E-state index in [-0.39, 0.29) is 0 Å². The molecule has 1 radical (unpaired) electrons. The van der Waals surface area contributed by atoms with Gasteiger partial charge in [-0.05, 0) is 43.9 Å². The van der Waals surface area contributed by atoms with Gasteiger partial charge in [-0.25, -0.2) is 0 Å². The highest BCUT2D eigenvalue weighted by Crippen LogP contribution is 2.23. The predicted molar refractivity (Wildman–Crippen MR) is 68.3 cm³/mol. The molecule has 1 atom stereocenters. The maximum atomic E-state index is 3.65. The van der Waals surface area contributed by atoms with Gasteiger partial charge < -0.3 is 5.32 Å². The molecule has 1 aliphatic rings. The van der Waals surface area contributed by atoms with Crippen LogP contribution >= 0.6 is 0 Å². The Bertz CT molecular complexity index is 288. The molecule has 87 valence electrons. The first-order chi connectivity index (χ1) is 7.86. The van der Waals surface area contributed by atoms with Crippen molar-refractivity contribution in [2.75, 3.05) is 6.54 Å². The van der Waals surface area contributed by atoms with Crippen LogP contribution in [-0.2, 0) is 0 Å². The summed E-state index contributed by atoms with van der Waals surface area (Å²) in [5.41, 5.74) is 1.37. The number of benzene rings is 1. The minimum Gasteiger partial charge on any atom is -0.310 e. The first-order valence-corrected chi connectivity index (χ1v) is 6.55. The van der Waals surface area contributed by atoms with Gasteiger partial charge in [-0.15, -0.1) is 0 Å². The third kappa shape index (κ3) is 3.34. The van der Waals surface area contributed by atoms with Gasteiger partial charge in [0, 0.05) is 6.04 Å². The van der Waals surface area contributed by atoms with Crippen molar-refractivity contribution in [1.29, 1.82) is 0 Å². The summed E-state index contributed by atoms with van der Waals surface area (Å²) < 4.78 is 0. The maximum absolute atomic E-state index is 3.65. The summed E-state index contributed by atoms with van der Waals surface area (Å²) in [6.07, 6.45) is 7.15. The van der Waals surface area contributed by atoms with Crippen LogP contribution in [-0.4, -0.2) is 6.54 Å². The van der Waals surface area contributed by atoms with E-state index < -0.39 is 0 Å². The number of rotatable bonds is 4. The largest absolute Gasteiger partial charge is 0.310 e. The molecule has 1 aliphatic carbocycles. The molecular weight excluding hydrogens is 194 g/mol. The summed E-state index contributed by atoms with van der Waals surface area (Å²) in [7, 11) is 0. The van der Waals surface area contributed by atoms with Crippen molar-refractivity contribution in [3.8, 4) is 0 Å². The lowest BCUT2D eigenvalue weighted by molar-refractivity contribution is 0.331. The fourth-order valence-corrected chi connectivity index (χ4v) is 2.54. The maximum Gasteiger partial charge on any atom is 0.0291 e. The van der Waals surface area contributed by atoms with E-state index >= 15 is 0 Å². The molecular formula is C15H22N. The summed E-state index contributed by atoms with van der Waals surface area (Å²) in [5.74, 6) is 0.909. The van der Waals surface area contributed by atoms with E-state index in [1.54, 1.807) is 0 Å². The topological polar surface area (TPSA) is 12.0 Å². The molecule has 0 spiro atoms. The second kappa shape index (κ2) is 6.05. The van der Waals surface area contributed by atoms with E-state index in [4.69, 9.17) is 0 Å². The Balaban J connectivity index is 1.77. The van der Waals surface area contributed by atoms with E-state index in [1.807, 2.05) is 12.1 Å². The van der Waals surface area contributed by atoms with Crippen molar-refractivity contribution in [1.82, 2.24) is 5.32 Å². The lowest BCUT2D eigenvalue weighted by atomic mass is 9.89. The molecule has 0 saturated heterocycles. The minimum atomic E-state index is 0.469. The first kappa shape index (κ1) is 11.7. The second-order valence-electron chi connectivity index (χ2n) is 4.97. The zero-order valence-electron chi connectivity index (χ0n) is 10.2. The van der Waals surface area contributed by atoms with Gasteiger partial charge >= 0.3 is 0 Å². The molecule has 1 N–H and O–H groups in total. The van der Waals surface area contributed by atoms with Crippen LogP contribution in [0.5, 0.6) is 0 Å². The molecule has 0 aliphatic heterocycles. The number of nitrogens with one attached hydrogen (secondary N) is 1. The summed E-state index contributed by atoms with van der Waals surface area (Å²) >= 11 is 0. The van der Waals surface area contributed by atoms with Gasteiger partial charge in [0.25, 0.3) is 0 Å². The zero-order chi connectivity index (χ0) is 11.2. The van der Waals surface area contributed by atoms with Crippen LogP contribution in [0.25, 0.3) is 0 Å². The van der Waals surface area contributed by atoms with Crippen LogP contribution in [0, 0.1) is 12.0 Å². The predicted octanol–water partition coefficient (Wildman–Crippen LogP) is 3.72. The monoisotopic (exact) mass is 216 g/mol. The van der Waals surface area contributed by atoms with Crippen molar-refractivity contribution in [2.45, 2.75) is 45.1 Å². The average Bonchev–Trinajstić information content (AvgIpc) is 2.38. The van der Waals surface area contributed by atoms with Crippen LogP contribution in [0.15, 0.2) is 24.3 Å². The van der Waals surface area contributed by atoms with Crippen molar-refractivity contribution < 1.29 is 0 Å². The molecule has 1 fully saturated rings. The van der Waals surface area contributed by atoms with Crippen molar-refractivity contribution in [2.24, 2.45) is 5.92 Å². The van der Waals surface area contributed by atoms with E-state index in [9.17, 15) is 0 Å². The molecule has 0 amide bonds. The van der Waals surface area contributed by atoms with Crippen LogP contribution in [0.2, 0.25) is 0 Å². The van der Waals surface area contributed by atoms with Crippen molar-refractivity contribution in [3.63, 3.8) is 0 Å². The van der Waals surface area contributed by atoms with E-state index in [1.165, 1.54) is 44.2 Å². The second-order valence-corrected chi connectivity index (χ2v) is 4.97. The van der Waals surface area contributed by atoms with Crippen LogP contribution in [0.4, 0.5) is 0 Å². The smallest absolute Gasteiger partial charge is 0.0291 e. The molecule has 0 aromatic heterocycles. The molecule has 1 heteroatoms. The molecule has 0 heterocycles. The standard InChI is InChI=1S/C15H22N/c1-13(15-10-6-3-7-11-15)16-12-14-8-4-2-5-9-14/h6-7,10-11,13-14,16H,2,4-5,8-9,12H2,1H3. The number of hydrogen-bond acceptors (Lipinski definition) is 1. The molecule has 1 nitrogen and oxygen atoms in total. The van der Waals surface area contributed by atoms with E-state index in [2.05, 4.69) is 30.4 Å². The van der Waals surface area contributed by atoms with Gasteiger partial charge in [0.05, 0.1) is 0 Å². The third-order valence-corrected chi connectivity index (χ3v) is 3.68. The summed E-state index contributed by atoms with van der Waals surface area (Å²) in [6.45, 7) is 3.43. The van der Waals surface area contributed by atoms with Gasteiger partial charge in [0.2, 0.25) is 0 Å². The van der Waals surface area contributed by atoms with Gasteiger partial charge in [-0.1, -0.05) is 43.5 Å². The van der Waals surface area contributed by atoms with E-state index in [0.29, 0.717) is 6.04 Å². The highest BCUT2D eigenvalue weighted by Gasteiger charge is 2.14. The zero-order valence-corrected chi connectivity index (χ0v) is 10.2. The first-order valence-electron chi connectivity index (χ1n) is 6.55. The third-order valence-electron chi connectivity index (χ3n) is 3.68.